The summed E-state index contributed by atoms with van der Waals surface area (Å²) in [7, 11) is 0. The van der Waals surface area contributed by atoms with Crippen LogP contribution in [0.3, 0.4) is 0 Å². The van der Waals surface area contributed by atoms with E-state index in [2.05, 4.69) is 23.8 Å². The monoisotopic (exact) mass is 247 g/mol. The summed E-state index contributed by atoms with van der Waals surface area (Å²) in [6.07, 6.45) is 9.04. The zero-order valence-electron chi connectivity index (χ0n) is 11.2. The molecule has 1 unspecified atom stereocenters. The standard InChI is InChI=1S/C14H21N3O/c1-11(2)9-14(18)17-8-4-3-5-13(17)12-10-15-6-7-16-12/h6-7,10-11,13H,3-5,8-9H2,1-2H3. The summed E-state index contributed by atoms with van der Waals surface area (Å²) in [4.78, 5) is 22.7. The molecule has 1 saturated heterocycles. The SMILES string of the molecule is CC(C)CC(=O)N1CCCCC1c1cnccn1. The molecule has 1 aromatic heterocycles. The first-order chi connectivity index (χ1) is 8.68. The number of aromatic nitrogens is 2. The lowest BCUT2D eigenvalue weighted by Gasteiger charge is -2.35. The van der Waals surface area contributed by atoms with Crippen molar-refractivity contribution in [2.24, 2.45) is 5.92 Å². The maximum Gasteiger partial charge on any atom is 0.223 e. The van der Waals surface area contributed by atoms with Gasteiger partial charge in [0.1, 0.15) is 0 Å². The fourth-order valence-electron chi connectivity index (χ4n) is 2.49. The lowest BCUT2D eigenvalue weighted by Crippen LogP contribution is -2.39. The third-order valence-corrected chi connectivity index (χ3v) is 3.33. The summed E-state index contributed by atoms with van der Waals surface area (Å²) in [6.45, 7) is 5.02. The smallest absolute Gasteiger partial charge is 0.223 e. The topological polar surface area (TPSA) is 46.1 Å². The highest BCUT2D eigenvalue weighted by atomic mass is 16.2. The molecule has 0 aromatic carbocycles. The molecule has 1 fully saturated rings. The molecule has 1 aliphatic rings. The predicted molar refractivity (Wildman–Crippen MR) is 69.8 cm³/mol. The van der Waals surface area contributed by atoms with Crippen molar-refractivity contribution in [1.29, 1.82) is 0 Å². The Bertz CT molecular complexity index is 391. The maximum atomic E-state index is 12.3. The van der Waals surface area contributed by atoms with E-state index >= 15 is 0 Å². The molecule has 0 bridgehead atoms. The van der Waals surface area contributed by atoms with E-state index in [9.17, 15) is 4.79 Å². The Hall–Kier alpha value is -1.45. The van der Waals surface area contributed by atoms with Crippen molar-refractivity contribution < 1.29 is 4.79 Å². The van der Waals surface area contributed by atoms with Crippen LogP contribution in [0.5, 0.6) is 0 Å². The zero-order chi connectivity index (χ0) is 13.0. The zero-order valence-corrected chi connectivity index (χ0v) is 11.2. The number of hydrogen-bond donors (Lipinski definition) is 0. The van der Waals surface area contributed by atoms with Gasteiger partial charge < -0.3 is 4.90 Å². The summed E-state index contributed by atoms with van der Waals surface area (Å²) in [5, 5.41) is 0. The largest absolute Gasteiger partial charge is 0.334 e. The van der Waals surface area contributed by atoms with Gasteiger partial charge in [0.25, 0.3) is 0 Å². The molecule has 1 amide bonds. The van der Waals surface area contributed by atoms with E-state index in [1.165, 1.54) is 0 Å². The van der Waals surface area contributed by atoms with E-state index < -0.39 is 0 Å². The first-order valence-corrected chi connectivity index (χ1v) is 6.74. The number of carbonyl (C=O) groups excluding carboxylic acids is 1. The number of piperidine rings is 1. The van der Waals surface area contributed by atoms with E-state index in [0.717, 1.165) is 31.5 Å². The van der Waals surface area contributed by atoms with E-state index in [-0.39, 0.29) is 11.9 Å². The lowest BCUT2D eigenvalue weighted by atomic mass is 9.98. The van der Waals surface area contributed by atoms with Crippen LogP contribution in [-0.2, 0) is 4.79 Å². The first-order valence-electron chi connectivity index (χ1n) is 6.74. The summed E-state index contributed by atoms with van der Waals surface area (Å²) >= 11 is 0. The minimum absolute atomic E-state index is 0.124. The maximum absolute atomic E-state index is 12.3. The third-order valence-electron chi connectivity index (χ3n) is 3.33. The van der Waals surface area contributed by atoms with Gasteiger partial charge in [-0.25, -0.2) is 0 Å². The van der Waals surface area contributed by atoms with Crippen LogP contribution in [-0.4, -0.2) is 27.3 Å². The van der Waals surface area contributed by atoms with Crippen LogP contribution in [0.25, 0.3) is 0 Å². The highest BCUT2D eigenvalue weighted by Gasteiger charge is 2.28. The van der Waals surface area contributed by atoms with Crippen molar-refractivity contribution in [3.8, 4) is 0 Å². The molecule has 0 N–H and O–H groups in total. The minimum Gasteiger partial charge on any atom is -0.334 e. The number of nitrogens with zero attached hydrogens (tertiary/aromatic N) is 3. The molecular weight excluding hydrogens is 226 g/mol. The van der Waals surface area contributed by atoms with Crippen LogP contribution in [0.1, 0.15) is 51.3 Å². The molecule has 1 aromatic rings. The molecule has 18 heavy (non-hydrogen) atoms. The van der Waals surface area contributed by atoms with Crippen LogP contribution >= 0.6 is 0 Å². The van der Waals surface area contributed by atoms with Crippen molar-refractivity contribution in [3.63, 3.8) is 0 Å². The molecule has 1 atom stereocenters. The number of amides is 1. The summed E-state index contributed by atoms with van der Waals surface area (Å²) in [6, 6.07) is 0.124. The Morgan fingerprint density at radius 1 is 1.44 bits per heavy atom. The second-order valence-corrected chi connectivity index (χ2v) is 5.33. The van der Waals surface area contributed by atoms with Crippen LogP contribution in [0, 0.1) is 5.92 Å². The molecule has 0 spiro atoms. The summed E-state index contributed by atoms with van der Waals surface area (Å²) in [5.41, 5.74) is 0.925. The van der Waals surface area contributed by atoms with Gasteiger partial charge in [0.2, 0.25) is 5.91 Å². The average Bonchev–Trinajstić information content (AvgIpc) is 2.39. The number of carbonyl (C=O) groups is 1. The Kier molecular flexibility index (Phi) is 4.28. The highest BCUT2D eigenvalue weighted by molar-refractivity contribution is 5.77. The molecule has 0 saturated carbocycles. The van der Waals surface area contributed by atoms with Crippen molar-refractivity contribution in [2.75, 3.05) is 6.54 Å². The van der Waals surface area contributed by atoms with Crippen LogP contribution in [0.15, 0.2) is 18.6 Å². The number of hydrogen-bond acceptors (Lipinski definition) is 3. The fraction of sp³-hybridized carbons (Fsp3) is 0.643. The van der Waals surface area contributed by atoms with Gasteiger partial charge in [-0.1, -0.05) is 13.8 Å². The second-order valence-electron chi connectivity index (χ2n) is 5.33. The van der Waals surface area contributed by atoms with E-state index in [1.54, 1.807) is 18.6 Å². The lowest BCUT2D eigenvalue weighted by molar-refractivity contribution is -0.136. The van der Waals surface area contributed by atoms with Gasteiger partial charge in [-0.15, -0.1) is 0 Å². The van der Waals surface area contributed by atoms with E-state index in [4.69, 9.17) is 0 Å². The highest BCUT2D eigenvalue weighted by Crippen LogP contribution is 2.30. The van der Waals surface area contributed by atoms with Gasteiger partial charge in [-0.2, -0.15) is 0 Å². The first kappa shape index (κ1) is 13.0. The molecule has 98 valence electrons. The van der Waals surface area contributed by atoms with Crippen LogP contribution in [0.2, 0.25) is 0 Å². The van der Waals surface area contributed by atoms with E-state index in [1.807, 2.05) is 4.90 Å². The van der Waals surface area contributed by atoms with Gasteiger partial charge in [0.05, 0.1) is 17.9 Å². The quantitative estimate of drug-likeness (QED) is 0.824. The third kappa shape index (κ3) is 3.06. The minimum atomic E-state index is 0.124. The van der Waals surface area contributed by atoms with Crippen LogP contribution in [0.4, 0.5) is 0 Å². The normalized spacial score (nSPS) is 20.2. The van der Waals surface area contributed by atoms with Gasteiger partial charge >= 0.3 is 0 Å². The summed E-state index contributed by atoms with van der Waals surface area (Å²) < 4.78 is 0. The summed E-state index contributed by atoms with van der Waals surface area (Å²) in [5.74, 6) is 0.655. The van der Waals surface area contributed by atoms with Crippen molar-refractivity contribution in [3.05, 3.63) is 24.3 Å². The number of likely N-dealkylation sites (tertiary alicyclic amines) is 1. The Labute approximate surface area is 108 Å². The molecule has 2 heterocycles. The van der Waals surface area contributed by atoms with Gasteiger partial charge in [0.15, 0.2) is 0 Å². The molecule has 1 aliphatic heterocycles. The van der Waals surface area contributed by atoms with Crippen molar-refractivity contribution >= 4 is 5.91 Å². The Balaban J connectivity index is 2.13. The molecule has 4 heteroatoms. The number of rotatable bonds is 3. The van der Waals surface area contributed by atoms with Crippen LogP contribution < -0.4 is 0 Å². The fourth-order valence-corrected chi connectivity index (χ4v) is 2.49. The Morgan fingerprint density at radius 2 is 2.28 bits per heavy atom. The van der Waals surface area contributed by atoms with Crippen molar-refractivity contribution in [2.45, 2.75) is 45.6 Å². The van der Waals surface area contributed by atoms with Gasteiger partial charge in [-0.3, -0.25) is 14.8 Å². The molecule has 0 aliphatic carbocycles. The molecule has 2 rings (SSSR count). The average molecular weight is 247 g/mol. The molecule has 4 nitrogen and oxygen atoms in total. The van der Waals surface area contributed by atoms with Gasteiger partial charge in [0, 0.05) is 25.4 Å². The predicted octanol–water partition coefficient (Wildman–Crippen LogP) is 2.58. The van der Waals surface area contributed by atoms with Crippen molar-refractivity contribution in [1.82, 2.24) is 14.9 Å². The second kappa shape index (κ2) is 5.94. The van der Waals surface area contributed by atoms with Gasteiger partial charge in [-0.05, 0) is 25.2 Å². The van der Waals surface area contributed by atoms with E-state index in [0.29, 0.717) is 12.3 Å². The Morgan fingerprint density at radius 3 is 2.94 bits per heavy atom. The molecular formula is C14H21N3O. The molecule has 0 radical (unpaired) electrons.